The van der Waals surface area contributed by atoms with Crippen LogP contribution in [0.4, 0.5) is 0 Å². The lowest BCUT2D eigenvalue weighted by Crippen LogP contribution is -3.00. The van der Waals surface area contributed by atoms with E-state index in [9.17, 15) is 4.79 Å². The third kappa shape index (κ3) is 4.67. The summed E-state index contributed by atoms with van der Waals surface area (Å²) in [6.45, 7) is 1.55. The number of primary amides is 1. The minimum absolute atomic E-state index is 0. The predicted octanol–water partition coefficient (Wildman–Crippen LogP) is -2.83. The SMILES string of the molecule is NC(=O)c1cc[n+](CCCn2ccnc2/C=N/O)cc1.[Br-]. The van der Waals surface area contributed by atoms with Crippen LogP contribution in [0.1, 0.15) is 22.6 Å². The van der Waals surface area contributed by atoms with Crippen molar-refractivity contribution >= 4 is 12.1 Å². The normalized spacial score (nSPS) is 10.5. The van der Waals surface area contributed by atoms with Crippen molar-refractivity contribution in [2.75, 3.05) is 0 Å². The van der Waals surface area contributed by atoms with Crippen molar-refractivity contribution in [3.8, 4) is 0 Å². The Labute approximate surface area is 132 Å². The number of aromatic nitrogens is 3. The summed E-state index contributed by atoms with van der Waals surface area (Å²) in [6.07, 6.45) is 9.32. The van der Waals surface area contributed by atoms with Crippen LogP contribution in [0.3, 0.4) is 0 Å². The quantitative estimate of drug-likeness (QED) is 0.253. The number of carbonyl (C=O) groups excluding carboxylic acids is 1. The molecule has 0 saturated carbocycles. The Bertz CT molecular complexity index is 609. The summed E-state index contributed by atoms with van der Waals surface area (Å²) in [5.74, 6) is 0.185. The molecule has 0 bridgehead atoms. The zero-order chi connectivity index (χ0) is 14.4. The zero-order valence-corrected chi connectivity index (χ0v) is 12.8. The summed E-state index contributed by atoms with van der Waals surface area (Å²) >= 11 is 0. The van der Waals surface area contributed by atoms with Crippen molar-refractivity contribution < 1.29 is 31.6 Å². The maximum atomic E-state index is 11.0. The first-order chi connectivity index (χ1) is 9.70. The van der Waals surface area contributed by atoms with Gasteiger partial charge in [-0.1, -0.05) is 5.16 Å². The van der Waals surface area contributed by atoms with Gasteiger partial charge in [-0.2, -0.15) is 0 Å². The van der Waals surface area contributed by atoms with E-state index in [1.54, 1.807) is 18.3 Å². The molecule has 0 aliphatic heterocycles. The Morgan fingerprint density at radius 1 is 1.48 bits per heavy atom. The molecule has 1 amide bonds. The first-order valence-electron chi connectivity index (χ1n) is 6.18. The lowest BCUT2D eigenvalue weighted by Gasteiger charge is -2.03. The summed E-state index contributed by atoms with van der Waals surface area (Å²) < 4.78 is 3.88. The lowest BCUT2D eigenvalue weighted by atomic mass is 10.2. The van der Waals surface area contributed by atoms with Gasteiger partial charge in [0.1, 0.15) is 12.8 Å². The highest BCUT2D eigenvalue weighted by Gasteiger charge is 2.05. The standard InChI is InChI=1S/C13H15N5O2.BrH/c14-13(19)11-2-7-17(8-3-11)5-1-6-18-9-4-15-12(18)10-16-20;/h2-4,7-10H,1,5-6H2,(H2-,14,15,19,20);1H. The van der Waals surface area contributed by atoms with E-state index in [1.165, 1.54) is 6.21 Å². The van der Waals surface area contributed by atoms with Crippen molar-refractivity contribution in [2.24, 2.45) is 10.9 Å². The molecule has 2 heterocycles. The monoisotopic (exact) mass is 353 g/mol. The molecule has 7 nitrogen and oxygen atoms in total. The number of nitrogens with two attached hydrogens (primary N) is 1. The van der Waals surface area contributed by atoms with Crippen molar-refractivity contribution in [2.45, 2.75) is 19.5 Å². The summed E-state index contributed by atoms with van der Waals surface area (Å²) in [7, 11) is 0. The molecule has 2 rings (SSSR count). The molecule has 2 aromatic heterocycles. The van der Waals surface area contributed by atoms with Crippen LogP contribution in [0.5, 0.6) is 0 Å². The second kappa shape index (κ2) is 8.15. The second-order valence-electron chi connectivity index (χ2n) is 4.27. The fourth-order valence-electron chi connectivity index (χ4n) is 1.88. The van der Waals surface area contributed by atoms with Gasteiger partial charge in [0.15, 0.2) is 18.2 Å². The van der Waals surface area contributed by atoms with Crippen LogP contribution < -0.4 is 27.3 Å². The first kappa shape index (κ1) is 16.8. The minimum Gasteiger partial charge on any atom is -1.00 e. The second-order valence-corrected chi connectivity index (χ2v) is 4.27. The number of nitrogens with zero attached hydrogens (tertiary/aromatic N) is 4. The fraction of sp³-hybridized carbons (Fsp3) is 0.231. The van der Waals surface area contributed by atoms with Gasteiger partial charge in [0, 0.05) is 37.5 Å². The van der Waals surface area contributed by atoms with Crippen LogP contribution in [0.25, 0.3) is 0 Å². The molecule has 0 aliphatic rings. The molecule has 3 N–H and O–H groups in total. The van der Waals surface area contributed by atoms with E-state index in [2.05, 4.69) is 10.1 Å². The van der Waals surface area contributed by atoms with Gasteiger partial charge in [-0.15, -0.1) is 0 Å². The van der Waals surface area contributed by atoms with Crippen LogP contribution in [0, 0.1) is 0 Å². The molecule has 21 heavy (non-hydrogen) atoms. The van der Waals surface area contributed by atoms with E-state index < -0.39 is 5.91 Å². The number of amides is 1. The van der Waals surface area contributed by atoms with Gasteiger partial charge in [-0.25, -0.2) is 9.55 Å². The summed E-state index contributed by atoms with van der Waals surface area (Å²) in [5.41, 5.74) is 5.68. The fourth-order valence-corrected chi connectivity index (χ4v) is 1.88. The van der Waals surface area contributed by atoms with Crippen molar-refractivity contribution in [1.29, 1.82) is 0 Å². The molecule has 0 spiro atoms. The van der Waals surface area contributed by atoms with Crippen LogP contribution >= 0.6 is 0 Å². The molecule has 2 aromatic rings. The average molecular weight is 354 g/mol. The minimum atomic E-state index is -0.427. The number of rotatable bonds is 6. The molecule has 0 saturated heterocycles. The third-order valence-electron chi connectivity index (χ3n) is 2.91. The molecule has 0 fully saturated rings. The Morgan fingerprint density at radius 2 is 2.19 bits per heavy atom. The van der Waals surface area contributed by atoms with Crippen LogP contribution in [-0.4, -0.2) is 26.9 Å². The number of hydrogen-bond donors (Lipinski definition) is 2. The number of imidazole rings is 1. The highest BCUT2D eigenvalue weighted by molar-refractivity contribution is 5.92. The Morgan fingerprint density at radius 3 is 2.81 bits per heavy atom. The molecular formula is C13H16BrN5O2. The van der Waals surface area contributed by atoms with Gasteiger partial charge in [-0.3, -0.25) is 4.79 Å². The molecule has 0 unspecified atom stereocenters. The van der Waals surface area contributed by atoms with E-state index in [0.29, 0.717) is 11.4 Å². The molecule has 112 valence electrons. The van der Waals surface area contributed by atoms with Crippen LogP contribution in [-0.2, 0) is 13.1 Å². The van der Waals surface area contributed by atoms with Gasteiger partial charge in [-0.05, 0) is 0 Å². The molecular weight excluding hydrogens is 338 g/mol. The molecule has 0 aromatic carbocycles. The molecule has 0 aliphatic carbocycles. The number of oxime groups is 1. The number of carbonyl (C=O) groups is 1. The maximum Gasteiger partial charge on any atom is 0.249 e. The first-order valence-corrected chi connectivity index (χ1v) is 6.18. The third-order valence-corrected chi connectivity index (χ3v) is 2.91. The zero-order valence-electron chi connectivity index (χ0n) is 11.3. The Balaban J connectivity index is 0.00000220. The lowest BCUT2D eigenvalue weighted by molar-refractivity contribution is -0.697. The van der Waals surface area contributed by atoms with E-state index >= 15 is 0 Å². The average Bonchev–Trinajstić information content (AvgIpc) is 2.87. The molecule has 0 atom stereocenters. The topological polar surface area (TPSA) is 97.4 Å². The predicted molar refractivity (Wildman–Crippen MR) is 71.4 cm³/mol. The highest BCUT2D eigenvalue weighted by Crippen LogP contribution is 1.98. The van der Waals surface area contributed by atoms with Crippen LogP contribution in [0.15, 0.2) is 42.1 Å². The van der Waals surface area contributed by atoms with E-state index in [1.807, 2.05) is 27.7 Å². The van der Waals surface area contributed by atoms with E-state index in [4.69, 9.17) is 10.9 Å². The van der Waals surface area contributed by atoms with Crippen molar-refractivity contribution in [1.82, 2.24) is 9.55 Å². The highest BCUT2D eigenvalue weighted by atomic mass is 79.9. The van der Waals surface area contributed by atoms with Crippen molar-refractivity contribution in [3.05, 3.63) is 48.3 Å². The van der Waals surface area contributed by atoms with Gasteiger partial charge in [0.05, 0.1) is 5.56 Å². The number of aryl methyl sites for hydroxylation is 2. The van der Waals surface area contributed by atoms with Crippen LogP contribution in [0.2, 0.25) is 0 Å². The molecule has 8 heteroatoms. The van der Waals surface area contributed by atoms with Gasteiger partial charge in [0.2, 0.25) is 5.91 Å². The maximum absolute atomic E-state index is 11.0. The van der Waals surface area contributed by atoms with E-state index in [-0.39, 0.29) is 17.0 Å². The number of hydrogen-bond acceptors (Lipinski definition) is 4. The van der Waals surface area contributed by atoms with Gasteiger partial charge >= 0.3 is 0 Å². The van der Waals surface area contributed by atoms with Crippen molar-refractivity contribution in [3.63, 3.8) is 0 Å². The van der Waals surface area contributed by atoms with Gasteiger partial charge < -0.3 is 32.5 Å². The van der Waals surface area contributed by atoms with E-state index in [0.717, 1.165) is 19.5 Å². The number of pyridine rings is 1. The largest absolute Gasteiger partial charge is 1.00 e. The Hall–Kier alpha value is -2.22. The summed E-state index contributed by atoms with van der Waals surface area (Å²) in [6, 6.07) is 3.40. The number of halogens is 1. The summed E-state index contributed by atoms with van der Waals surface area (Å²) in [4.78, 5) is 15.0. The Kier molecular flexibility index (Phi) is 6.54. The molecule has 0 radical (unpaired) electrons. The summed E-state index contributed by atoms with van der Waals surface area (Å²) in [5, 5.41) is 11.5. The smallest absolute Gasteiger partial charge is 0.249 e. The van der Waals surface area contributed by atoms with Gasteiger partial charge in [0.25, 0.3) is 0 Å².